The fourth-order valence-corrected chi connectivity index (χ4v) is 4.63. The van der Waals surface area contributed by atoms with Gasteiger partial charge in [0, 0.05) is 12.1 Å². The molecule has 0 bridgehead atoms. The Balaban J connectivity index is 1.47. The van der Waals surface area contributed by atoms with Crippen LogP contribution in [0.5, 0.6) is 0 Å². The van der Waals surface area contributed by atoms with Crippen molar-refractivity contribution in [3.8, 4) is 0 Å². The van der Waals surface area contributed by atoms with Crippen LogP contribution in [0.2, 0.25) is 0 Å². The van der Waals surface area contributed by atoms with Crippen molar-refractivity contribution in [1.82, 2.24) is 0 Å². The van der Waals surface area contributed by atoms with E-state index >= 15 is 0 Å². The highest BCUT2D eigenvalue weighted by Crippen LogP contribution is 2.21. The highest BCUT2D eigenvalue weighted by Gasteiger charge is 2.32. The maximum atomic E-state index is 12.3. The minimum atomic E-state index is -0.880. The number of rotatable bonds is 19. The number of benzene rings is 1. The maximum Gasteiger partial charge on any atom is 0.338 e. The highest BCUT2D eigenvalue weighted by molar-refractivity contribution is 6.17. The Hall–Kier alpha value is -2.43. The van der Waals surface area contributed by atoms with E-state index in [-0.39, 0.29) is 17.5 Å². The number of Topliss-reactive ketones (excluding diaryl/α,β-unsaturated/α-hetero) is 2. The molecular weight excluding hydrogens is 450 g/mol. The normalized spacial score (nSPS) is 15.8. The highest BCUT2D eigenvalue weighted by atomic mass is 16.5. The van der Waals surface area contributed by atoms with Crippen molar-refractivity contribution in [2.75, 3.05) is 11.9 Å². The second-order valence-corrected chi connectivity index (χ2v) is 10.2. The summed E-state index contributed by atoms with van der Waals surface area (Å²) in [5.74, 6) is -0.720. The summed E-state index contributed by atoms with van der Waals surface area (Å²) in [5.41, 5.74) is 1.56. The summed E-state index contributed by atoms with van der Waals surface area (Å²) >= 11 is 0. The number of carbonyl (C=O) groups excluding carboxylic acids is 3. The van der Waals surface area contributed by atoms with E-state index in [1.807, 2.05) is 0 Å². The van der Waals surface area contributed by atoms with E-state index in [1.165, 1.54) is 83.5 Å². The zero-order valence-corrected chi connectivity index (χ0v) is 22.5. The molecule has 0 aliphatic heterocycles. The summed E-state index contributed by atoms with van der Waals surface area (Å²) in [6.07, 6.45) is 20.3. The molecule has 5 nitrogen and oxygen atoms in total. The minimum Gasteiger partial charge on any atom is -0.462 e. The molecule has 0 aromatic heterocycles. The van der Waals surface area contributed by atoms with Crippen LogP contribution < -0.4 is 5.32 Å². The SMILES string of the molecule is C=C1CCC(=O)C(Nc2ccc(C(=O)OCCCCCCCCCCCCCCCCC)cc2)C1=O. The molecular formula is C31H47NO4. The summed E-state index contributed by atoms with van der Waals surface area (Å²) in [6.45, 7) is 6.44. The number of esters is 1. The molecule has 1 N–H and O–H groups in total. The van der Waals surface area contributed by atoms with Crippen molar-refractivity contribution >= 4 is 23.2 Å². The monoisotopic (exact) mass is 497 g/mol. The lowest BCUT2D eigenvalue weighted by molar-refractivity contribution is -0.128. The topological polar surface area (TPSA) is 72.5 Å². The van der Waals surface area contributed by atoms with E-state index in [4.69, 9.17) is 4.74 Å². The van der Waals surface area contributed by atoms with Crippen molar-refractivity contribution < 1.29 is 19.1 Å². The molecule has 0 amide bonds. The Morgan fingerprint density at radius 2 is 1.31 bits per heavy atom. The third-order valence-electron chi connectivity index (χ3n) is 7.02. The Morgan fingerprint density at radius 3 is 1.83 bits per heavy atom. The van der Waals surface area contributed by atoms with Crippen LogP contribution in [-0.4, -0.2) is 30.2 Å². The van der Waals surface area contributed by atoms with Crippen LogP contribution in [-0.2, 0) is 14.3 Å². The van der Waals surface area contributed by atoms with E-state index < -0.39 is 6.04 Å². The van der Waals surface area contributed by atoms with Crippen molar-refractivity contribution in [2.24, 2.45) is 0 Å². The molecule has 1 aliphatic carbocycles. The van der Waals surface area contributed by atoms with E-state index in [1.54, 1.807) is 24.3 Å². The van der Waals surface area contributed by atoms with Gasteiger partial charge in [-0.3, -0.25) is 9.59 Å². The second-order valence-electron chi connectivity index (χ2n) is 10.2. The first kappa shape index (κ1) is 29.8. The summed E-state index contributed by atoms with van der Waals surface area (Å²) < 4.78 is 5.40. The molecule has 1 aliphatic rings. The zero-order valence-electron chi connectivity index (χ0n) is 22.5. The number of carbonyl (C=O) groups is 3. The molecule has 0 radical (unpaired) electrons. The molecule has 1 unspecified atom stereocenters. The lowest BCUT2D eigenvalue weighted by Crippen LogP contribution is -2.41. The van der Waals surface area contributed by atoms with Crippen molar-refractivity contribution in [1.29, 1.82) is 0 Å². The molecule has 0 heterocycles. The third kappa shape index (κ3) is 11.5. The molecule has 1 atom stereocenters. The summed E-state index contributed by atoms with van der Waals surface area (Å²) in [7, 11) is 0. The second kappa shape index (κ2) is 17.9. The molecule has 2 rings (SSSR count). The number of nitrogens with one attached hydrogen (secondary N) is 1. The third-order valence-corrected chi connectivity index (χ3v) is 7.02. The van der Waals surface area contributed by atoms with Crippen LogP contribution in [0.3, 0.4) is 0 Å². The minimum absolute atomic E-state index is 0.126. The molecule has 1 aromatic carbocycles. The largest absolute Gasteiger partial charge is 0.462 e. The quantitative estimate of drug-likeness (QED) is 0.0907. The first-order valence-corrected chi connectivity index (χ1v) is 14.3. The van der Waals surface area contributed by atoms with Crippen molar-refractivity contribution in [3.05, 3.63) is 42.0 Å². The predicted octanol–water partition coefficient (Wildman–Crippen LogP) is 7.98. The number of ketones is 2. The lowest BCUT2D eigenvalue weighted by Gasteiger charge is -2.23. The van der Waals surface area contributed by atoms with Crippen LogP contribution >= 0.6 is 0 Å². The molecule has 1 aromatic rings. The first-order chi connectivity index (χ1) is 17.5. The number of hydrogen-bond donors (Lipinski definition) is 1. The smallest absolute Gasteiger partial charge is 0.338 e. The van der Waals surface area contributed by atoms with Gasteiger partial charge in [0.2, 0.25) is 0 Å². The van der Waals surface area contributed by atoms with Crippen LogP contribution in [0.15, 0.2) is 36.4 Å². The van der Waals surface area contributed by atoms with E-state index in [0.717, 1.165) is 12.8 Å². The fraction of sp³-hybridized carbons (Fsp3) is 0.645. The van der Waals surface area contributed by atoms with Gasteiger partial charge in [0.05, 0.1) is 12.2 Å². The molecule has 1 fully saturated rings. The average molecular weight is 498 g/mol. The van der Waals surface area contributed by atoms with Gasteiger partial charge in [-0.2, -0.15) is 0 Å². The Bertz CT molecular complexity index is 814. The fourth-order valence-electron chi connectivity index (χ4n) is 4.63. The van der Waals surface area contributed by atoms with Crippen LogP contribution in [0.1, 0.15) is 126 Å². The van der Waals surface area contributed by atoms with Crippen molar-refractivity contribution in [3.63, 3.8) is 0 Å². The van der Waals surface area contributed by atoms with Gasteiger partial charge in [-0.1, -0.05) is 103 Å². The predicted molar refractivity (Wildman–Crippen MR) is 147 cm³/mol. The Kier molecular flexibility index (Phi) is 14.8. The van der Waals surface area contributed by atoms with Gasteiger partial charge < -0.3 is 10.1 Å². The van der Waals surface area contributed by atoms with Gasteiger partial charge in [0.1, 0.15) is 6.04 Å². The van der Waals surface area contributed by atoms with Crippen LogP contribution in [0.4, 0.5) is 5.69 Å². The van der Waals surface area contributed by atoms with E-state index in [0.29, 0.717) is 36.3 Å². The Morgan fingerprint density at radius 1 is 0.806 bits per heavy atom. The van der Waals surface area contributed by atoms with Gasteiger partial charge in [-0.05, 0) is 42.7 Å². The molecule has 0 spiro atoms. The molecule has 5 heteroatoms. The number of anilines is 1. The van der Waals surface area contributed by atoms with E-state index in [2.05, 4.69) is 18.8 Å². The van der Waals surface area contributed by atoms with Gasteiger partial charge in [-0.25, -0.2) is 4.79 Å². The standard InChI is InChI=1S/C31H47NO4/c1-3-4-5-6-7-8-9-10-11-12-13-14-15-16-17-24-36-31(35)26-19-21-27(22-20-26)32-29-28(33)23-18-25(2)30(29)34/h19-22,29,32H,2-18,23-24H2,1H3. The van der Waals surface area contributed by atoms with Crippen LogP contribution in [0.25, 0.3) is 0 Å². The van der Waals surface area contributed by atoms with Gasteiger partial charge >= 0.3 is 5.97 Å². The first-order valence-electron chi connectivity index (χ1n) is 14.3. The van der Waals surface area contributed by atoms with Gasteiger partial charge in [0.15, 0.2) is 11.6 Å². The van der Waals surface area contributed by atoms with Gasteiger partial charge in [-0.15, -0.1) is 0 Å². The lowest BCUT2D eigenvalue weighted by atomic mass is 9.89. The zero-order chi connectivity index (χ0) is 26.0. The molecule has 200 valence electrons. The average Bonchev–Trinajstić information content (AvgIpc) is 2.89. The summed E-state index contributed by atoms with van der Waals surface area (Å²) in [6, 6.07) is 5.83. The summed E-state index contributed by atoms with van der Waals surface area (Å²) in [5, 5.41) is 2.97. The Labute approximate surface area is 218 Å². The van der Waals surface area contributed by atoms with Crippen LogP contribution in [0, 0.1) is 0 Å². The maximum absolute atomic E-state index is 12.3. The molecule has 0 saturated heterocycles. The molecule has 1 saturated carbocycles. The van der Waals surface area contributed by atoms with E-state index in [9.17, 15) is 14.4 Å². The number of unbranched alkanes of at least 4 members (excludes halogenated alkanes) is 14. The number of ether oxygens (including phenoxy) is 1. The van der Waals surface area contributed by atoms with Gasteiger partial charge in [0.25, 0.3) is 0 Å². The summed E-state index contributed by atoms with van der Waals surface area (Å²) in [4.78, 5) is 36.5. The molecule has 36 heavy (non-hydrogen) atoms. The van der Waals surface area contributed by atoms with Crippen molar-refractivity contribution in [2.45, 2.75) is 122 Å². The number of hydrogen-bond acceptors (Lipinski definition) is 5.